The number of nitrogens with zero attached hydrogens (tertiary/aromatic N) is 1. The Labute approximate surface area is 121 Å². The van der Waals surface area contributed by atoms with Crippen LogP contribution in [0.1, 0.15) is 5.56 Å². The van der Waals surface area contributed by atoms with E-state index in [2.05, 4.69) is 0 Å². The van der Waals surface area contributed by atoms with Gasteiger partial charge in [-0.2, -0.15) is 13.2 Å². The monoisotopic (exact) mass is 335 g/mol. The first-order chi connectivity index (χ1) is 8.50. The first kappa shape index (κ1) is 16.2. The Balaban J connectivity index is 3.14. The number of hydrogen-bond acceptors (Lipinski definition) is 1. The summed E-state index contributed by atoms with van der Waals surface area (Å²) in [6.45, 7) is -0.589. The van der Waals surface area contributed by atoms with Crippen LogP contribution in [0.15, 0.2) is 24.3 Å². The zero-order valence-electron chi connectivity index (χ0n) is 9.09. The van der Waals surface area contributed by atoms with Crippen LogP contribution in [0.3, 0.4) is 0 Å². The Hall–Kier alpha value is -0.850. The maximum absolute atomic E-state index is 12.5. The van der Waals surface area contributed by atoms with Gasteiger partial charge in [-0.25, -0.2) is 4.79 Å². The molecule has 0 unspecified atom stereocenters. The summed E-state index contributed by atoms with van der Waals surface area (Å²) >= 11 is 16.4. The smallest absolute Gasteiger partial charge is 0.416 e. The maximum atomic E-state index is 12.5. The molecule has 19 heavy (non-hydrogen) atoms. The molecular weight excluding hydrogens is 329 g/mol. The summed E-state index contributed by atoms with van der Waals surface area (Å²) in [6, 6.07) is 3.75. The third kappa shape index (κ3) is 4.97. The molecule has 1 aromatic rings. The molecule has 0 aliphatic heterocycles. The van der Waals surface area contributed by atoms with Crippen LogP contribution in [0.4, 0.5) is 23.7 Å². The summed E-state index contributed by atoms with van der Waals surface area (Å²) in [4.78, 5) is 11.5. The molecule has 0 fully saturated rings. The van der Waals surface area contributed by atoms with Crippen molar-refractivity contribution < 1.29 is 23.1 Å². The number of anilines is 1. The van der Waals surface area contributed by atoms with Gasteiger partial charge in [0.05, 0.1) is 12.1 Å². The van der Waals surface area contributed by atoms with Gasteiger partial charge < -0.3 is 5.11 Å². The SMILES string of the molecule is O=C(O)N(CC(Cl)(Cl)Cl)c1cccc(C(F)(F)F)c1. The number of halogens is 6. The highest BCUT2D eigenvalue weighted by molar-refractivity contribution is 6.68. The van der Waals surface area contributed by atoms with Gasteiger partial charge in [-0.3, -0.25) is 4.90 Å². The predicted octanol–water partition coefficient (Wildman–Crippen LogP) is 4.56. The van der Waals surface area contributed by atoms with Crippen LogP contribution < -0.4 is 4.90 Å². The lowest BCUT2D eigenvalue weighted by Crippen LogP contribution is -2.36. The van der Waals surface area contributed by atoms with E-state index in [4.69, 9.17) is 39.9 Å². The Morgan fingerprint density at radius 2 is 1.84 bits per heavy atom. The topological polar surface area (TPSA) is 40.5 Å². The summed E-state index contributed by atoms with van der Waals surface area (Å²) in [5, 5.41) is 8.95. The van der Waals surface area contributed by atoms with Crippen LogP contribution in [0.2, 0.25) is 0 Å². The van der Waals surface area contributed by atoms with Crippen molar-refractivity contribution in [3.63, 3.8) is 0 Å². The molecule has 0 aromatic heterocycles. The normalized spacial score (nSPS) is 12.3. The van der Waals surface area contributed by atoms with Crippen molar-refractivity contribution in [1.82, 2.24) is 0 Å². The van der Waals surface area contributed by atoms with Gasteiger partial charge in [0.1, 0.15) is 0 Å². The number of amides is 1. The molecule has 0 saturated carbocycles. The summed E-state index contributed by atoms with van der Waals surface area (Å²) in [5.74, 6) is 0. The second-order valence-corrected chi connectivity index (χ2v) is 6.05. The minimum atomic E-state index is -4.58. The van der Waals surface area contributed by atoms with Crippen molar-refractivity contribution in [2.75, 3.05) is 11.4 Å². The molecule has 1 amide bonds. The fourth-order valence-electron chi connectivity index (χ4n) is 1.30. The molecule has 0 aliphatic carbocycles. The first-order valence-electron chi connectivity index (χ1n) is 4.75. The van der Waals surface area contributed by atoms with Gasteiger partial charge >= 0.3 is 12.3 Å². The molecule has 0 saturated heterocycles. The maximum Gasteiger partial charge on any atom is 0.416 e. The highest BCUT2D eigenvalue weighted by Crippen LogP contribution is 2.33. The molecule has 0 aliphatic rings. The molecule has 106 valence electrons. The largest absolute Gasteiger partial charge is 0.465 e. The molecule has 0 atom stereocenters. The van der Waals surface area contributed by atoms with Gasteiger partial charge in [0.15, 0.2) is 0 Å². The van der Waals surface area contributed by atoms with E-state index in [1.165, 1.54) is 6.07 Å². The zero-order chi connectivity index (χ0) is 14.8. The van der Waals surface area contributed by atoms with Crippen LogP contribution >= 0.6 is 34.8 Å². The Bertz CT molecular complexity index is 474. The molecule has 9 heteroatoms. The molecule has 0 heterocycles. The Morgan fingerprint density at radius 3 is 2.26 bits per heavy atom. The fourth-order valence-corrected chi connectivity index (χ4v) is 1.66. The van der Waals surface area contributed by atoms with Gasteiger partial charge in [0.25, 0.3) is 0 Å². The van der Waals surface area contributed by atoms with Crippen molar-refractivity contribution in [3.05, 3.63) is 29.8 Å². The lowest BCUT2D eigenvalue weighted by Gasteiger charge is -2.24. The van der Waals surface area contributed by atoms with Gasteiger partial charge in [-0.15, -0.1) is 0 Å². The molecular formula is C10H7Cl3F3NO2. The van der Waals surface area contributed by atoms with E-state index >= 15 is 0 Å². The van der Waals surface area contributed by atoms with Gasteiger partial charge in [-0.05, 0) is 18.2 Å². The zero-order valence-corrected chi connectivity index (χ0v) is 11.4. The molecule has 1 aromatic carbocycles. The number of rotatable bonds is 2. The van der Waals surface area contributed by atoms with Crippen LogP contribution in [0, 0.1) is 0 Å². The molecule has 0 bridgehead atoms. The van der Waals surface area contributed by atoms with Gasteiger partial charge in [0.2, 0.25) is 3.79 Å². The second-order valence-electron chi connectivity index (χ2n) is 3.53. The van der Waals surface area contributed by atoms with E-state index in [0.29, 0.717) is 11.0 Å². The summed E-state index contributed by atoms with van der Waals surface area (Å²) < 4.78 is 35.6. The lowest BCUT2D eigenvalue weighted by molar-refractivity contribution is -0.137. The quantitative estimate of drug-likeness (QED) is 0.804. The van der Waals surface area contributed by atoms with Crippen molar-refractivity contribution in [2.24, 2.45) is 0 Å². The van der Waals surface area contributed by atoms with E-state index in [1.807, 2.05) is 0 Å². The van der Waals surface area contributed by atoms with Gasteiger partial charge in [0, 0.05) is 5.69 Å². The molecule has 0 radical (unpaired) electrons. The van der Waals surface area contributed by atoms with E-state index in [9.17, 15) is 18.0 Å². The van der Waals surface area contributed by atoms with Crippen LogP contribution in [-0.4, -0.2) is 21.5 Å². The van der Waals surface area contributed by atoms with Crippen LogP contribution in [-0.2, 0) is 6.18 Å². The van der Waals surface area contributed by atoms with E-state index < -0.39 is 28.2 Å². The predicted molar refractivity (Wildman–Crippen MR) is 67.1 cm³/mol. The molecule has 1 rings (SSSR count). The Kier molecular flexibility index (Phi) is 4.81. The third-order valence-electron chi connectivity index (χ3n) is 2.05. The van der Waals surface area contributed by atoms with Crippen molar-refractivity contribution >= 4 is 46.6 Å². The van der Waals surface area contributed by atoms with Crippen molar-refractivity contribution in [3.8, 4) is 0 Å². The highest BCUT2D eigenvalue weighted by Gasteiger charge is 2.33. The van der Waals surface area contributed by atoms with E-state index in [0.717, 1.165) is 12.1 Å². The van der Waals surface area contributed by atoms with Gasteiger partial charge in [-0.1, -0.05) is 40.9 Å². The summed E-state index contributed by atoms with van der Waals surface area (Å²) in [7, 11) is 0. The first-order valence-corrected chi connectivity index (χ1v) is 5.88. The average Bonchev–Trinajstić information content (AvgIpc) is 2.23. The van der Waals surface area contributed by atoms with Crippen molar-refractivity contribution in [2.45, 2.75) is 9.97 Å². The summed E-state index contributed by atoms with van der Waals surface area (Å²) in [6.07, 6.45) is -6.11. The minimum Gasteiger partial charge on any atom is -0.465 e. The number of hydrogen-bond donors (Lipinski definition) is 1. The van der Waals surface area contributed by atoms with Crippen LogP contribution in [0.25, 0.3) is 0 Å². The second kappa shape index (κ2) is 5.64. The fraction of sp³-hybridized carbons (Fsp3) is 0.300. The van der Waals surface area contributed by atoms with E-state index in [1.54, 1.807) is 0 Å². The number of alkyl halides is 6. The molecule has 3 nitrogen and oxygen atoms in total. The standard InChI is InChI=1S/C10H7Cl3F3NO2/c11-9(12,13)5-17(8(18)19)7-3-1-2-6(4-7)10(14,15)16/h1-4H,5H2,(H,18,19). The number of carboxylic acid groups (broad SMARTS) is 1. The lowest BCUT2D eigenvalue weighted by atomic mass is 10.2. The minimum absolute atomic E-state index is 0.228. The van der Waals surface area contributed by atoms with E-state index in [-0.39, 0.29) is 5.69 Å². The van der Waals surface area contributed by atoms with Crippen LogP contribution in [0.5, 0.6) is 0 Å². The third-order valence-corrected chi connectivity index (χ3v) is 2.41. The number of benzene rings is 1. The average molecular weight is 337 g/mol. The summed E-state index contributed by atoms with van der Waals surface area (Å²) in [5.41, 5.74) is -1.21. The number of carbonyl (C=O) groups is 1. The molecule has 1 N–H and O–H groups in total. The molecule has 0 spiro atoms. The van der Waals surface area contributed by atoms with Crippen molar-refractivity contribution in [1.29, 1.82) is 0 Å². The highest BCUT2D eigenvalue weighted by atomic mass is 35.6. The Morgan fingerprint density at radius 1 is 1.26 bits per heavy atom.